The van der Waals surface area contributed by atoms with Gasteiger partial charge >= 0.3 is 5.97 Å². The van der Waals surface area contributed by atoms with Gasteiger partial charge in [-0.15, -0.1) is 11.3 Å². The van der Waals surface area contributed by atoms with Gasteiger partial charge in [0.05, 0.1) is 13.2 Å². The molecule has 5 heteroatoms. The zero-order valence-corrected chi connectivity index (χ0v) is 9.33. The topological polar surface area (TPSA) is 55.8 Å². The molecular formula is C10H14O4S. The van der Waals surface area contributed by atoms with Gasteiger partial charge in [0.2, 0.25) is 0 Å². The first-order chi connectivity index (χ1) is 7.24. The molecule has 0 radical (unpaired) electrons. The summed E-state index contributed by atoms with van der Waals surface area (Å²) in [6, 6.07) is 3.96. The Morgan fingerprint density at radius 1 is 1.67 bits per heavy atom. The van der Waals surface area contributed by atoms with Crippen LogP contribution in [0.15, 0.2) is 17.5 Å². The summed E-state index contributed by atoms with van der Waals surface area (Å²) >= 11 is 1.64. The first-order valence-corrected chi connectivity index (χ1v) is 5.47. The molecule has 1 unspecified atom stereocenters. The Hall–Kier alpha value is -0.910. The second-order valence-corrected chi connectivity index (χ2v) is 4.01. The van der Waals surface area contributed by atoms with E-state index in [4.69, 9.17) is 14.6 Å². The number of aliphatic carboxylic acids is 1. The Balaban J connectivity index is 2.25. The lowest BCUT2D eigenvalue weighted by molar-refractivity contribution is -0.153. The molecule has 0 aliphatic carbocycles. The largest absolute Gasteiger partial charge is 0.479 e. The van der Waals surface area contributed by atoms with Crippen molar-refractivity contribution in [3.63, 3.8) is 0 Å². The number of rotatable bonds is 7. The molecule has 15 heavy (non-hydrogen) atoms. The molecule has 1 aromatic rings. The van der Waals surface area contributed by atoms with E-state index in [1.807, 2.05) is 17.5 Å². The van der Waals surface area contributed by atoms with E-state index in [2.05, 4.69) is 0 Å². The molecule has 4 nitrogen and oxygen atoms in total. The number of thiophene rings is 1. The lowest BCUT2D eigenvalue weighted by Crippen LogP contribution is -2.29. The van der Waals surface area contributed by atoms with Crippen LogP contribution in [-0.4, -0.2) is 37.5 Å². The first-order valence-electron chi connectivity index (χ1n) is 4.59. The molecule has 0 spiro atoms. The van der Waals surface area contributed by atoms with E-state index in [1.165, 1.54) is 12.0 Å². The minimum Gasteiger partial charge on any atom is -0.479 e. The van der Waals surface area contributed by atoms with Gasteiger partial charge in [0.15, 0.2) is 6.10 Å². The van der Waals surface area contributed by atoms with Gasteiger partial charge in [-0.2, -0.15) is 0 Å². The molecule has 1 atom stereocenters. The molecule has 1 aromatic heterocycles. The summed E-state index contributed by atoms with van der Waals surface area (Å²) in [4.78, 5) is 11.9. The first kappa shape index (κ1) is 12.2. The van der Waals surface area contributed by atoms with Crippen LogP contribution in [0.4, 0.5) is 0 Å². The SMILES string of the molecule is COCC(OCCc1cccs1)C(=O)O. The third-order valence-corrected chi connectivity index (χ3v) is 2.78. The third kappa shape index (κ3) is 4.42. The standard InChI is InChI=1S/C10H14O4S/c1-13-7-9(10(11)12)14-5-4-8-3-2-6-15-8/h2-3,6,9H,4-5,7H2,1H3,(H,11,12). The van der Waals surface area contributed by atoms with Crippen molar-refractivity contribution in [2.24, 2.45) is 0 Å². The van der Waals surface area contributed by atoms with Crippen LogP contribution >= 0.6 is 11.3 Å². The average Bonchev–Trinajstić information content (AvgIpc) is 2.69. The summed E-state index contributed by atoms with van der Waals surface area (Å²) in [6.45, 7) is 0.487. The third-order valence-electron chi connectivity index (χ3n) is 1.84. The highest BCUT2D eigenvalue weighted by molar-refractivity contribution is 7.09. The highest BCUT2D eigenvalue weighted by atomic mass is 32.1. The molecule has 0 amide bonds. The summed E-state index contributed by atoms with van der Waals surface area (Å²) in [5.41, 5.74) is 0. The Bertz CT molecular complexity index is 284. The Labute approximate surface area is 92.4 Å². The van der Waals surface area contributed by atoms with Gasteiger partial charge in [-0.05, 0) is 11.4 Å². The molecule has 0 bridgehead atoms. The van der Waals surface area contributed by atoms with Crippen molar-refractivity contribution >= 4 is 17.3 Å². The highest BCUT2D eigenvalue weighted by Gasteiger charge is 2.17. The number of hydrogen-bond donors (Lipinski definition) is 1. The van der Waals surface area contributed by atoms with Gasteiger partial charge < -0.3 is 14.6 Å². The number of hydrogen-bond acceptors (Lipinski definition) is 4. The molecule has 1 heterocycles. The lowest BCUT2D eigenvalue weighted by atomic mass is 10.3. The molecule has 1 N–H and O–H groups in total. The number of carbonyl (C=O) groups is 1. The minimum atomic E-state index is -0.983. The van der Waals surface area contributed by atoms with Crippen LogP contribution in [-0.2, 0) is 20.7 Å². The van der Waals surface area contributed by atoms with Crippen molar-refractivity contribution in [1.29, 1.82) is 0 Å². The molecule has 0 aliphatic rings. The van der Waals surface area contributed by atoms with Crippen LogP contribution in [0.1, 0.15) is 4.88 Å². The monoisotopic (exact) mass is 230 g/mol. The Morgan fingerprint density at radius 2 is 2.47 bits per heavy atom. The second kappa shape index (κ2) is 6.55. The molecule has 1 rings (SSSR count). The maximum absolute atomic E-state index is 10.7. The van der Waals surface area contributed by atoms with E-state index in [9.17, 15) is 4.79 Å². The molecule has 84 valence electrons. The van der Waals surface area contributed by atoms with Crippen LogP contribution < -0.4 is 0 Å². The minimum absolute atomic E-state index is 0.0831. The number of methoxy groups -OCH3 is 1. The van der Waals surface area contributed by atoms with Gasteiger partial charge in [-0.25, -0.2) is 4.79 Å². The molecule has 0 fully saturated rings. The van der Waals surface area contributed by atoms with E-state index in [0.29, 0.717) is 6.61 Å². The van der Waals surface area contributed by atoms with E-state index in [0.717, 1.165) is 6.42 Å². The fourth-order valence-corrected chi connectivity index (χ4v) is 1.79. The molecule has 0 saturated carbocycles. The number of carboxylic acid groups (broad SMARTS) is 1. The maximum Gasteiger partial charge on any atom is 0.335 e. The highest BCUT2D eigenvalue weighted by Crippen LogP contribution is 2.09. The van der Waals surface area contributed by atoms with Crippen molar-refractivity contribution < 1.29 is 19.4 Å². The maximum atomic E-state index is 10.7. The van der Waals surface area contributed by atoms with Crippen LogP contribution in [0.5, 0.6) is 0 Å². The van der Waals surface area contributed by atoms with Crippen molar-refractivity contribution in [1.82, 2.24) is 0 Å². The summed E-state index contributed by atoms with van der Waals surface area (Å²) in [7, 11) is 1.46. The summed E-state index contributed by atoms with van der Waals surface area (Å²) in [5.74, 6) is -0.983. The van der Waals surface area contributed by atoms with Gasteiger partial charge in [-0.1, -0.05) is 6.07 Å². The van der Waals surface area contributed by atoms with E-state index in [1.54, 1.807) is 11.3 Å². The second-order valence-electron chi connectivity index (χ2n) is 2.98. The van der Waals surface area contributed by atoms with Crippen molar-refractivity contribution in [2.75, 3.05) is 20.3 Å². The Morgan fingerprint density at radius 3 is 3.00 bits per heavy atom. The van der Waals surface area contributed by atoms with Crippen molar-refractivity contribution in [3.05, 3.63) is 22.4 Å². The van der Waals surface area contributed by atoms with Crippen molar-refractivity contribution in [2.45, 2.75) is 12.5 Å². The van der Waals surface area contributed by atoms with Crippen molar-refractivity contribution in [3.8, 4) is 0 Å². The van der Waals surface area contributed by atoms with Gasteiger partial charge in [0, 0.05) is 18.4 Å². The normalized spacial score (nSPS) is 12.6. The van der Waals surface area contributed by atoms with E-state index >= 15 is 0 Å². The molecular weight excluding hydrogens is 216 g/mol. The fraction of sp³-hybridized carbons (Fsp3) is 0.500. The van der Waals surface area contributed by atoms with E-state index in [-0.39, 0.29) is 6.61 Å². The van der Waals surface area contributed by atoms with Crippen LogP contribution in [0.25, 0.3) is 0 Å². The van der Waals surface area contributed by atoms with E-state index < -0.39 is 12.1 Å². The van der Waals surface area contributed by atoms with Crippen LogP contribution in [0, 0.1) is 0 Å². The lowest BCUT2D eigenvalue weighted by Gasteiger charge is -2.11. The predicted octanol–water partition coefficient (Wildman–Crippen LogP) is 1.41. The van der Waals surface area contributed by atoms with Crippen LogP contribution in [0.2, 0.25) is 0 Å². The van der Waals surface area contributed by atoms with Crippen LogP contribution in [0.3, 0.4) is 0 Å². The zero-order valence-electron chi connectivity index (χ0n) is 8.51. The Kier molecular flexibility index (Phi) is 5.31. The molecule has 0 saturated heterocycles. The quantitative estimate of drug-likeness (QED) is 0.769. The summed E-state index contributed by atoms with van der Waals surface area (Å²) < 4.78 is 9.95. The number of carboxylic acids is 1. The fourth-order valence-electron chi connectivity index (χ4n) is 1.10. The predicted molar refractivity (Wildman–Crippen MR) is 57.3 cm³/mol. The average molecular weight is 230 g/mol. The molecule has 0 aliphatic heterocycles. The summed E-state index contributed by atoms with van der Waals surface area (Å²) in [6.07, 6.45) is -0.125. The zero-order chi connectivity index (χ0) is 11.1. The van der Waals surface area contributed by atoms with Gasteiger partial charge in [0.25, 0.3) is 0 Å². The smallest absolute Gasteiger partial charge is 0.335 e. The van der Waals surface area contributed by atoms with Gasteiger partial charge in [-0.3, -0.25) is 0 Å². The summed E-state index contributed by atoms with van der Waals surface area (Å²) in [5, 5.41) is 10.7. The van der Waals surface area contributed by atoms with Gasteiger partial charge in [0.1, 0.15) is 0 Å². The molecule has 0 aromatic carbocycles. The number of ether oxygens (including phenoxy) is 2.